The SMILES string of the molecule is COc1ccc(CN2CCCCC2)cc1-c1ccc(O)c2c1CC1CC3[C@H](N(C)C)C(=O)C(C(N)=O)=C(O)[C@@]3(O)C(=O)C1=C2O. The minimum absolute atomic E-state index is 0.0208. The van der Waals surface area contributed by atoms with Gasteiger partial charge in [0.2, 0.25) is 5.78 Å². The number of ketones is 2. The van der Waals surface area contributed by atoms with Gasteiger partial charge in [-0.1, -0.05) is 18.6 Å². The molecule has 6 N–H and O–H groups in total. The molecule has 11 heteroatoms. The molecule has 1 amide bonds. The molecule has 6 rings (SSSR count). The van der Waals surface area contributed by atoms with Crippen molar-refractivity contribution in [2.75, 3.05) is 34.3 Å². The average molecular weight is 618 g/mol. The monoisotopic (exact) mass is 617 g/mol. The van der Waals surface area contributed by atoms with E-state index in [-0.39, 0.29) is 29.7 Å². The van der Waals surface area contributed by atoms with E-state index >= 15 is 0 Å². The first-order chi connectivity index (χ1) is 21.4. The fourth-order valence-electron chi connectivity index (χ4n) is 7.94. The number of Topliss-reactive ketones (excluding diaryl/α,β-unsaturated/α-hetero) is 2. The summed E-state index contributed by atoms with van der Waals surface area (Å²) in [5.41, 5.74) is 4.93. The number of amides is 1. The number of nitrogens with zero attached hydrogens (tertiary/aromatic N) is 2. The number of likely N-dealkylation sites (tertiary alicyclic amines) is 1. The quantitative estimate of drug-likeness (QED) is 0.303. The van der Waals surface area contributed by atoms with Crippen LogP contribution in [0.25, 0.3) is 16.9 Å². The lowest BCUT2D eigenvalue weighted by molar-refractivity contribution is -0.153. The molecule has 3 aliphatic carbocycles. The summed E-state index contributed by atoms with van der Waals surface area (Å²) in [6.07, 6.45) is 3.77. The van der Waals surface area contributed by atoms with Gasteiger partial charge in [0.15, 0.2) is 11.4 Å². The van der Waals surface area contributed by atoms with Gasteiger partial charge in [-0.25, -0.2) is 0 Å². The number of benzene rings is 2. The molecule has 0 spiro atoms. The van der Waals surface area contributed by atoms with E-state index in [1.165, 1.54) is 17.4 Å². The van der Waals surface area contributed by atoms with Crippen LogP contribution in [0.4, 0.5) is 0 Å². The Balaban J connectivity index is 1.49. The highest BCUT2D eigenvalue weighted by Crippen LogP contribution is 2.54. The lowest BCUT2D eigenvalue weighted by Crippen LogP contribution is -2.65. The topological polar surface area (TPSA) is 174 Å². The number of aromatic hydroxyl groups is 1. The second-order valence-corrected chi connectivity index (χ2v) is 12.8. The van der Waals surface area contributed by atoms with Crippen LogP contribution in [-0.2, 0) is 27.3 Å². The third-order valence-corrected chi connectivity index (χ3v) is 10.0. The normalized spacial score (nSPS) is 26.9. The van der Waals surface area contributed by atoms with Crippen molar-refractivity contribution in [3.8, 4) is 22.6 Å². The molecule has 0 aromatic heterocycles. The molecule has 238 valence electrons. The van der Waals surface area contributed by atoms with Crippen molar-refractivity contribution in [1.29, 1.82) is 0 Å². The van der Waals surface area contributed by atoms with E-state index < -0.39 is 58.0 Å². The maximum absolute atomic E-state index is 14.1. The van der Waals surface area contributed by atoms with Crippen LogP contribution in [0.2, 0.25) is 0 Å². The van der Waals surface area contributed by atoms with Crippen LogP contribution < -0.4 is 10.5 Å². The number of methoxy groups -OCH3 is 1. The van der Waals surface area contributed by atoms with E-state index in [1.54, 1.807) is 27.3 Å². The Morgan fingerprint density at radius 3 is 2.42 bits per heavy atom. The molecule has 45 heavy (non-hydrogen) atoms. The number of hydrogen-bond donors (Lipinski definition) is 5. The van der Waals surface area contributed by atoms with E-state index in [4.69, 9.17) is 10.5 Å². The number of fused-ring (bicyclic) bond motifs is 3. The zero-order valence-corrected chi connectivity index (χ0v) is 25.7. The Morgan fingerprint density at radius 1 is 1.07 bits per heavy atom. The molecule has 2 unspecified atom stereocenters. The molecule has 2 aromatic carbocycles. The zero-order valence-electron chi connectivity index (χ0n) is 25.7. The summed E-state index contributed by atoms with van der Waals surface area (Å²) in [7, 11) is 4.73. The van der Waals surface area contributed by atoms with E-state index in [1.807, 2.05) is 12.1 Å². The molecular formula is C34H39N3O8. The Kier molecular flexibility index (Phi) is 7.75. The summed E-state index contributed by atoms with van der Waals surface area (Å²) in [5.74, 6) is -6.17. The minimum Gasteiger partial charge on any atom is -0.508 e. The van der Waals surface area contributed by atoms with Crippen molar-refractivity contribution >= 4 is 23.2 Å². The highest BCUT2D eigenvalue weighted by Gasteiger charge is 2.64. The van der Waals surface area contributed by atoms with E-state index in [0.717, 1.165) is 43.6 Å². The van der Waals surface area contributed by atoms with Crippen molar-refractivity contribution < 1.29 is 39.5 Å². The summed E-state index contributed by atoms with van der Waals surface area (Å²) < 4.78 is 5.74. The highest BCUT2D eigenvalue weighted by molar-refractivity contribution is 6.24. The maximum atomic E-state index is 14.1. The number of primary amides is 1. The highest BCUT2D eigenvalue weighted by atomic mass is 16.5. The Morgan fingerprint density at radius 2 is 1.78 bits per heavy atom. The number of phenolic OH excluding ortho intramolecular Hbond substituents is 1. The van der Waals surface area contributed by atoms with E-state index in [0.29, 0.717) is 16.9 Å². The van der Waals surface area contributed by atoms with Crippen LogP contribution in [0.3, 0.4) is 0 Å². The van der Waals surface area contributed by atoms with Crippen molar-refractivity contribution in [2.24, 2.45) is 17.6 Å². The van der Waals surface area contributed by atoms with Crippen LogP contribution >= 0.6 is 0 Å². The second kappa shape index (κ2) is 11.3. The number of phenols is 1. The van der Waals surface area contributed by atoms with Crippen LogP contribution in [0.5, 0.6) is 11.5 Å². The lowest BCUT2D eigenvalue weighted by atomic mass is 9.57. The second-order valence-electron chi connectivity index (χ2n) is 12.8. The van der Waals surface area contributed by atoms with Gasteiger partial charge in [-0.2, -0.15) is 0 Å². The van der Waals surface area contributed by atoms with Crippen molar-refractivity contribution in [3.05, 3.63) is 63.9 Å². The van der Waals surface area contributed by atoms with Gasteiger partial charge in [-0.15, -0.1) is 0 Å². The average Bonchev–Trinajstić information content (AvgIpc) is 2.99. The van der Waals surface area contributed by atoms with Crippen molar-refractivity contribution in [3.63, 3.8) is 0 Å². The number of carbonyl (C=O) groups is 3. The molecule has 1 heterocycles. The fourth-order valence-corrected chi connectivity index (χ4v) is 7.94. The number of rotatable bonds is 6. The summed E-state index contributed by atoms with van der Waals surface area (Å²) in [4.78, 5) is 43.6. The molecule has 0 bridgehead atoms. The number of carbonyl (C=O) groups excluding carboxylic acids is 3. The largest absolute Gasteiger partial charge is 0.508 e. The smallest absolute Gasteiger partial charge is 0.255 e. The molecule has 2 aromatic rings. The Bertz CT molecular complexity index is 1670. The molecule has 1 saturated carbocycles. The zero-order chi connectivity index (χ0) is 32.4. The molecule has 2 fully saturated rings. The Hall–Kier alpha value is -4.19. The number of nitrogens with two attached hydrogens (primary N) is 1. The van der Waals surface area contributed by atoms with Gasteiger partial charge in [0.1, 0.15) is 28.6 Å². The Labute approximate surface area is 261 Å². The maximum Gasteiger partial charge on any atom is 0.255 e. The number of piperidine rings is 1. The molecule has 11 nitrogen and oxygen atoms in total. The van der Waals surface area contributed by atoms with Gasteiger partial charge >= 0.3 is 0 Å². The summed E-state index contributed by atoms with van der Waals surface area (Å²) in [5, 5.41) is 45.6. The van der Waals surface area contributed by atoms with Crippen LogP contribution in [0.15, 0.2) is 47.2 Å². The first-order valence-corrected chi connectivity index (χ1v) is 15.3. The predicted molar refractivity (Wildman–Crippen MR) is 165 cm³/mol. The molecule has 4 atom stereocenters. The van der Waals surface area contributed by atoms with Gasteiger partial charge in [0.05, 0.1) is 18.7 Å². The minimum atomic E-state index is -2.68. The van der Waals surface area contributed by atoms with Gasteiger partial charge in [0.25, 0.3) is 5.91 Å². The van der Waals surface area contributed by atoms with Gasteiger partial charge in [-0.3, -0.25) is 24.2 Å². The first-order valence-electron chi connectivity index (χ1n) is 15.3. The lowest BCUT2D eigenvalue weighted by Gasteiger charge is -2.50. The van der Waals surface area contributed by atoms with Crippen LogP contribution in [0.1, 0.15) is 42.4 Å². The number of aliphatic hydroxyl groups is 3. The third kappa shape index (κ3) is 4.72. The standard InChI is InChI=1S/C34H39N3O8/c1-36(2)28-22-15-18-14-21-19(20-13-17(7-10-24(20)45-3)16-37-11-5-4-6-12-37)8-9-23(38)26(21)29(39)25(18)31(41)34(22,44)32(42)27(30(28)40)33(35)43/h7-10,13,18,22,28,38-39,42,44H,4-6,11-12,14-16H2,1-3H3,(H2,35,43)/t18?,22?,28-,34-/m0/s1. The summed E-state index contributed by atoms with van der Waals surface area (Å²) in [6, 6.07) is 8.05. The van der Waals surface area contributed by atoms with Crippen LogP contribution in [-0.4, -0.2) is 93.6 Å². The predicted octanol–water partition coefficient (Wildman–Crippen LogP) is 2.63. The molecule has 1 aliphatic heterocycles. The van der Waals surface area contributed by atoms with E-state index in [2.05, 4.69) is 11.0 Å². The first kappa shape index (κ1) is 30.8. The fraction of sp³-hybridized carbons (Fsp3) is 0.441. The number of hydrogen-bond acceptors (Lipinski definition) is 10. The van der Waals surface area contributed by atoms with Crippen molar-refractivity contribution in [2.45, 2.75) is 50.3 Å². The molecular weight excluding hydrogens is 578 g/mol. The van der Waals surface area contributed by atoms with Crippen LogP contribution in [0, 0.1) is 11.8 Å². The number of likely N-dealkylation sites (N-methyl/N-ethyl adjacent to an activating group) is 1. The van der Waals surface area contributed by atoms with Gasteiger partial charge in [0, 0.05) is 23.6 Å². The number of ether oxygens (including phenoxy) is 1. The van der Waals surface area contributed by atoms with Gasteiger partial charge in [-0.05, 0) is 93.7 Å². The number of aliphatic hydroxyl groups excluding tert-OH is 2. The summed E-state index contributed by atoms with van der Waals surface area (Å²) >= 11 is 0. The summed E-state index contributed by atoms with van der Waals surface area (Å²) in [6.45, 7) is 2.83. The molecule has 0 radical (unpaired) electrons. The van der Waals surface area contributed by atoms with Gasteiger partial charge < -0.3 is 30.9 Å². The molecule has 1 saturated heterocycles. The van der Waals surface area contributed by atoms with E-state index in [9.17, 15) is 34.8 Å². The molecule has 4 aliphatic rings. The van der Waals surface area contributed by atoms with Crippen molar-refractivity contribution in [1.82, 2.24) is 9.80 Å². The third-order valence-electron chi connectivity index (χ3n) is 10.0.